The average molecular weight is 268 g/mol. The molecule has 100 valence electrons. The summed E-state index contributed by atoms with van der Waals surface area (Å²) >= 11 is 1.66. The molecule has 18 heavy (non-hydrogen) atoms. The summed E-state index contributed by atoms with van der Waals surface area (Å²) in [5, 5.41) is 4.98. The van der Waals surface area contributed by atoms with Crippen LogP contribution in [0.5, 0.6) is 0 Å². The Hall–Kier alpha value is -1.11. The zero-order valence-corrected chi connectivity index (χ0v) is 11.3. The summed E-state index contributed by atoms with van der Waals surface area (Å²) in [5.74, 6) is 0. The van der Waals surface area contributed by atoms with Gasteiger partial charge in [-0.2, -0.15) is 0 Å². The summed E-state index contributed by atoms with van der Waals surface area (Å²) in [5.41, 5.74) is 5.52. The molecular formula is C12H20N4OS. The van der Waals surface area contributed by atoms with Gasteiger partial charge in [0.2, 0.25) is 0 Å². The Morgan fingerprint density at radius 2 is 2.17 bits per heavy atom. The van der Waals surface area contributed by atoms with Gasteiger partial charge in [0.15, 0.2) is 0 Å². The monoisotopic (exact) mass is 268 g/mol. The number of nitrogens with zero attached hydrogens (tertiary/aromatic N) is 2. The predicted molar refractivity (Wildman–Crippen MR) is 73.6 cm³/mol. The van der Waals surface area contributed by atoms with Gasteiger partial charge in [0, 0.05) is 44.1 Å². The summed E-state index contributed by atoms with van der Waals surface area (Å²) in [6.07, 6.45) is 0. The molecule has 1 aliphatic heterocycles. The third-order valence-corrected chi connectivity index (χ3v) is 3.98. The van der Waals surface area contributed by atoms with E-state index in [-0.39, 0.29) is 6.03 Å². The molecular weight excluding hydrogens is 248 g/mol. The van der Waals surface area contributed by atoms with Crippen LogP contribution in [-0.2, 0) is 6.54 Å². The number of rotatable bonds is 4. The number of nitrogens with one attached hydrogen (secondary N) is 1. The molecule has 5 nitrogen and oxygen atoms in total. The van der Waals surface area contributed by atoms with Gasteiger partial charge in [-0.25, -0.2) is 4.79 Å². The summed E-state index contributed by atoms with van der Waals surface area (Å²) in [4.78, 5) is 17.3. The number of nitrogens with two attached hydrogens (primary N) is 1. The van der Waals surface area contributed by atoms with E-state index in [0.717, 1.165) is 32.7 Å². The van der Waals surface area contributed by atoms with Crippen molar-refractivity contribution in [1.29, 1.82) is 0 Å². The zero-order valence-electron chi connectivity index (χ0n) is 10.5. The van der Waals surface area contributed by atoms with E-state index in [1.54, 1.807) is 11.3 Å². The van der Waals surface area contributed by atoms with Crippen molar-refractivity contribution in [2.24, 2.45) is 5.73 Å². The highest BCUT2D eigenvalue weighted by Crippen LogP contribution is 2.08. The first-order valence-electron chi connectivity index (χ1n) is 6.27. The van der Waals surface area contributed by atoms with Gasteiger partial charge in [-0.05, 0) is 11.4 Å². The van der Waals surface area contributed by atoms with Crippen LogP contribution in [0.1, 0.15) is 4.88 Å². The van der Waals surface area contributed by atoms with Crippen LogP contribution >= 0.6 is 11.3 Å². The number of hydrogen-bond donors (Lipinski definition) is 2. The van der Waals surface area contributed by atoms with Crippen LogP contribution in [0.4, 0.5) is 4.79 Å². The van der Waals surface area contributed by atoms with Gasteiger partial charge in [0.25, 0.3) is 0 Å². The van der Waals surface area contributed by atoms with Crippen molar-refractivity contribution in [1.82, 2.24) is 15.1 Å². The van der Waals surface area contributed by atoms with E-state index in [9.17, 15) is 4.79 Å². The molecule has 1 aromatic rings. The van der Waals surface area contributed by atoms with Gasteiger partial charge in [0.05, 0.1) is 6.54 Å². The van der Waals surface area contributed by atoms with E-state index >= 15 is 0 Å². The van der Waals surface area contributed by atoms with E-state index in [2.05, 4.69) is 10.2 Å². The largest absolute Gasteiger partial charge is 0.333 e. The first-order chi connectivity index (χ1) is 8.79. The van der Waals surface area contributed by atoms with Gasteiger partial charge in [-0.1, -0.05) is 6.07 Å². The fourth-order valence-electron chi connectivity index (χ4n) is 2.04. The number of hydrogen-bond acceptors (Lipinski definition) is 4. The van der Waals surface area contributed by atoms with Gasteiger partial charge in [0.1, 0.15) is 0 Å². The molecule has 0 unspecified atom stereocenters. The maximum Gasteiger partial charge on any atom is 0.317 e. The molecule has 1 fully saturated rings. The Labute approximate surface area is 112 Å². The Morgan fingerprint density at radius 1 is 1.39 bits per heavy atom. The molecule has 3 N–H and O–H groups in total. The molecule has 0 saturated carbocycles. The van der Waals surface area contributed by atoms with Crippen LogP contribution in [0.15, 0.2) is 17.5 Å². The van der Waals surface area contributed by atoms with Crippen LogP contribution in [0.3, 0.4) is 0 Å². The highest BCUT2D eigenvalue weighted by atomic mass is 32.1. The van der Waals surface area contributed by atoms with E-state index in [0.29, 0.717) is 13.1 Å². The minimum Gasteiger partial charge on any atom is -0.333 e. The maximum atomic E-state index is 11.9. The Balaban J connectivity index is 1.70. The lowest BCUT2D eigenvalue weighted by molar-refractivity contribution is 0.141. The molecule has 2 rings (SSSR count). The minimum absolute atomic E-state index is 0.0378. The summed E-state index contributed by atoms with van der Waals surface area (Å²) < 4.78 is 0. The second-order valence-corrected chi connectivity index (χ2v) is 5.39. The fourth-order valence-corrected chi connectivity index (χ4v) is 2.69. The molecule has 0 spiro atoms. The quantitative estimate of drug-likeness (QED) is 0.837. The number of amides is 2. The Morgan fingerprint density at radius 3 is 2.78 bits per heavy atom. The predicted octanol–water partition coefficient (Wildman–Crippen LogP) is 0.534. The molecule has 0 atom stereocenters. The van der Waals surface area contributed by atoms with Gasteiger partial charge >= 0.3 is 6.03 Å². The molecule has 2 heterocycles. The summed E-state index contributed by atoms with van der Waals surface area (Å²) in [6.45, 7) is 5.65. The first-order valence-corrected chi connectivity index (χ1v) is 7.15. The summed E-state index contributed by atoms with van der Waals surface area (Å²) in [6, 6.07) is 4.07. The number of carbonyl (C=O) groups is 1. The number of urea groups is 1. The van der Waals surface area contributed by atoms with Crippen molar-refractivity contribution in [3.63, 3.8) is 0 Å². The first kappa shape index (κ1) is 13.3. The molecule has 0 radical (unpaired) electrons. The van der Waals surface area contributed by atoms with Crippen LogP contribution in [0.25, 0.3) is 0 Å². The van der Waals surface area contributed by atoms with E-state index in [1.807, 2.05) is 22.4 Å². The maximum absolute atomic E-state index is 11.9. The molecule has 0 bridgehead atoms. The topological polar surface area (TPSA) is 61.6 Å². The smallest absolute Gasteiger partial charge is 0.317 e. The minimum atomic E-state index is 0.0378. The van der Waals surface area contributed by atoms with Crippen LogP contribution in [0, 0.1) is 0 Å². The number of piperazine rings is 1. The lowest BCUT2D eigenvalue weighted by atomic mass is 10.3. The molecule has 0 aliphatic carbocycles. The van der Waals surface area contributed by atoms with E-state index < -0.39 is 0 Å². The average Bonchev–Trinajstić information content (AvgIpc) is 2.90. The van der Waals surface area contributed by atoms with Crippen molar-refractivity contribution in [3.05, 3.63) is 22.4 Å². The van der Waals surface area contributed by atoms with Gasteiger partial charge in [-0.3, -0.25) is 4.90 Å². The van der Waals surface area contributed by atoms with Crippen molar-refractivity contribution in [3.8, 4) is 0 Å². The normalized spacial score (nSPS) is 16.8. The van der Waals surface area contributed by atoms with E-state index in [1.165, 1.54) is 4.88 Å². The number of thiophene rings is 1. The van der Waals surface area contributed by atoms with Crippen LogP contribution in [-0.4, -0.2) is 55.1 Å². The second kappa shape index (κ2) is 6.72. The molecule has 6 heteroatoms. The molecule has 0 aromatic carbocycles. The molecule has 1 saturated heterocycles. The van der Waals surface area contributed by atoms with Crippen molar-refractivity contribution >= 4 is 17.4 Å². The molecule has 1 aromatic heterocycles. The molecule has 2 amide bonds. The van der Waals surface area contributed by atoms with Crippen molar-refractivity contribution in [2.45, 2.75) is 6.54 Å². The lowest BCUT2D eigenvalue weighted by Crippen LogP contribution is -2.52. The summed E-state index contributed by atoms with van der Waals surface area (Å²) in [7, 11) is 0. The van der Waals surface area contributed by atoms with Crippen LogP contribution in [0.2, 0.25) is 0 Å². The number of carbonyl (C=O) groups excluding carboxylic acids is 1. The SMILES string of the molecule is NCCN1CCN(C(=O)NCc2cccs2)CC1. The van der Waals surface area contributed by atoms with Crippen LogP contribution < -0.4 is 11.1 Å². The third-order valence-electron chi connectivity index (χ3n) is 3.10. The third kappa shape index (κ3) is 3.69. The zero-order chi connectivity index (χ0) is 12.8. The fraction of sp³-hybridized carbons (Fsp3) is 0.583. The Kier molecular flexibility index (Phi) is 4.98. The highest BCUT2D eigenvalue weighted by molar-refractivity contribution is 7.09. The van der Waals surface area contributed by atoms with Gasteiger partial charge in [-0.15, -0.1) is 11.3 Å². The highest BCUT2D eigenvalue weighted by Gasteiger charge is 2.20. The van der Waals surface area contributed by atoms with Gasteiger partial charge < -0.3 is 16.0 Å². The molecule has 1 aliphatic rings. The second-order valence-electron chi connectivity index (χ2n) is 4.36. The van der Waals surface area contributed by atoms with E-state index in [4.69, 9.17) is 5.73 Å². The standard InChI is InChI=1S/C12H20N4OS/c13-3-4-15-5-7-16(8-6-15)12(17)14-10-11-2-1-9-18-11/h1-2,9H,3-8,10,13H2,(H,14,17). The van der Waals surface area contributed by atoms with Crippen molar-refractivity contribution < 1.29 is 4.79 Å². The van der Waals surface area contributed by atoms with Crippen molar-refractivity contribution in [2.75, 3.05) is 39.3 Å². The Bertz CT molecular complexity index is 360. The lowest BCUT2D eigenvalue weighted by Gasteiger charge is -2.34.